The molecule has 8 nitrogen and oxygen atoms in total. The fraction of sp³-hybridized carbons (Fsp3) is 0.192. The summed E-state index contributed by atoms with van der Waals surface area (Å²) < 4.78 is 15.6. The number of furan rings is 1. The molecule has 0 spiro atoms. The van der Waals surface area contributed by atoms with Crippen LogP contribution >= 0.6 is 0 Å². The van der Waals surface area contributed by atoms with Crippen molar-refractivity contribution in [2.45, 2.75) is 19.8 Å². The van der Waals surface area contributed by atoms with Gasteiger partial charge in [-0.15, -0.1) is 0 Å². The van der Waals surface area contributed by atoms with Crippen LogP contribution < -0.4 is 15.4 Å². The van der Waals surface area contributed by atoms with E-state index in [0.29, 0.717) is 29.4 Å². The fourth-order valence-corrected chi connectivity index (χ4v) is 2.95. The van der Waals surface area contributed by atoms with Crippen molar-refractivity contribution in [2.75, 3.05) is 19.0 Å². The molecule has 3 rings (SSSR count). The number of nitrogens with one attached hydrogen (secondary N) is 2. The Balaban J connectivity index is 1.76. The Morgan fingerprint density at radius 2 is 1.79 bits per heavy atom. The van der Waals surface area contributed by atoms with Crippen molar-refractivity contribution >= 4 is 29.5 Å². The van der Waals surface area contributed by atoms with Gasteiger partial charge in [-0.25, -0.2) is 4.79 Å². The molecule has 34 heavy (non-hydrogen) atoms. The lowest BCUT2D eigenvalue weighted by Crippen LogP contribution is -2.30. The van der Waals surface area contributed by atoms with Crippen molar-refractivity contribution in [1.29, 1.82) is 0 Å². The number of anilines is 1. The molecule has 8 heteroatoms. The first-order valence-corrected chi connectivity index (χ1v) is 10.8. The van der Waals surface area contributed by atoms with Gasteiger partial charge in [-0.2, -0.15) is 0 Å². The third-order valence-electron chi connectivity index (χ3n) is 4.75. The molecule has 0 aliphatic heterocycles. The summed E-state index contributed by atoms with van der Waals surface area (Å²) in [5.74, 6) is -0.548. The molecule has 0 fully saturated rings. The van der Waals surface area contributed by atoms with E-state index in [0.717, 1.165) is 12.8 Å². The lowest BCUT2D eigenvalue weighted by molar-refractivity contribution is -0.113. The second-order valence-corrected chi connectivity index (χ2v) is 7.28. The maximum Gasteiger partial charge on any atom is 0.337 e. The Hall–Kier alpha value is -4.33. The molecular formula is C26H26N2O6. The zero-order valence-corrected chi connectivity index (χ0v) is 19.0. The van der Waals surface area contributed by atoms with Crippen LogP contribution in [0.4, 0.5) is 5.69 Å². The van der Waals surface area contributed by atoms with Crippen molar-refractivity contribution in [1.82, 2.24) is 5.32 Å². The first-order valence-electron chi connectivity index (χ1n) is 10.8. The molecule has 0 aliphatic carbocycles. The van der Waals surface area contributed by atoms with E-state index in [-0.39, 0.29) is 11.3 Å². The Morgan fingerprint density at radius 1 is 1.00 bits per heavy atom. The molecule has 0 radical (unpaired) electrons. The van der Waals surface area contributed by atoms with Gasteiger partial charge in [0.05, 0.1) is 25.5 Å². The van der Waals surface area contributed by atoms with Gasteiger partial charge >= 0.3 is 5.97 Å². The predicted molar refractivity (Wildman–Crippen MR) is 127 cm³/mol. The Bertz CT molecular complexity index is 1150. The molecular weight excluding hydrogens is 436 g/mol. The van der Waals surface area contributed by atoms with Gasteiger partial charge in [0.25, 0.3) is 11.8 Å². The molecule has 2 amide bonds. The zero-order valence-electron chi connectivity index (χ0n) is 19.0. The molecule has 0 atom stereocenters. The molecule has 176 valence electrons. The van der Waals surface area contributed by atoms with E-state index in [4.69, 9.17) is 13.9 Å². The lowest BCUT2D eigenvalue weighted by atomic mass is 10.2. The average molecular weight is 463 g/mol. The lowest BCUT2D eigenvalue weighted by Gasteiger charge is -2.12. The Kier molecular flexibility index (Phi) is 8.62. The Morgan fingerprint density at radius 3 is 2.47 bits per heavy atom. The van der Waals surface area contributed by atoms with Gasteiger partial charge in [-0.1, -0.05) is 19.4 Å². The van der Waals surface area contributed by atoms with Crippen LogP contribution in [0.5, 0.6) is 5.75 Å². The van der Waals surface area contributed by atoms with Crippen LogP contribution in [-0.4, -0.2) is 31.5 Å². The fourth-order valence-electron chi connectivity index (χ4n) is 2.95. The van der Waals surface area contributed by atoms with Crippen molar-refractivity contribution in [3.8, 4) is 5.75 Å². The minimum absolute atomic E-state index is 0.0355. The minimum atomic E-state index is -0.591. The highest BCUT2D eigenvalue weighted by Crippen LogP contribution is 2.16. The van der Waals surface area contributed by atoms with Crippen LogP contribution in [0.15, 0.2) is 77.0 Å². The molecule has 1 aromatic heterocycles. The van der Waals surface area contributed by atoms with Gasteiger partial charge in [-0.3, -0.25) is 9.59 Å². The molecule has 0 bridgehead atoms. The van der Waals surface area contributed by atoms with Crippen LogP contribution in [0.2, 0.25) is 0 Å². The number of unbranched alkanes of at least 4 members (excludes halogenated alkanes) is 1. The van der Waals surface area contributed by atoms with Gasteiger partial charge in [0.15, 0.2) is 0 Å². The highest BCUT2D eigenvalue weighted by molar-refractivity contribution is 6.10. The first-order chi connectivity index (χ1) is 16.5. The topological polar surface area (TPSA) is 107 Å². The number of carbonyl (C=O) groups excluding carboxylic acids is 3. The van der Waals surface area contributed by atoms with Crippen LogP contribution in [0.25, 0.3) is 6.08 Å². The van der Waals surface area contributed by atoms with E-state index in [1.807, 2.05) is 0 Å². The molecule has 1 heterocycles. The number of hydrogen-bond donors (Lipinski definition) is 2. The van der Waals surface area contributed by atoms with Crippen molar-refractivity contribution in [2.24, 2.45) is 0 Å². The molecule has 2 N–H and O–H groups in total. The monoisotopic (exact) mass is 462 g/mol. The van der Waals surface area contributed by atoms with E-state index < -0.39 is 17.8 Å². The summed E-state index contributed by atoms with van der Waals surface area (Å²) in [6.45, 7) is 2.69. The minimum Gasteiger partial charge on any atom is -0.494 e. The van der Waals surface area contributed by atoms with Gasteiger partial charge in [-0.05, 0) is 61.0 Å². The molecule has 3 aromatic rings. The molecule has 2 aromatic carbocycles. The summed E-state index contributed by atoms with van der Waals surface area (Å²) in [4.78, 5) is 37.6. The smallest absolute Gasteiger partial charge is 0.337 e. The van der Waals surface area contributed by atoms with Gasteiger partial charge in [0, 0.05) is 17.3 Å². The van der Waals surface area contributed by atoms with Gasteiger partial charge in [0.2, 0.25) is 0 Å². The SMILES string of the molecule is CCCCOc1ccc(C(=O)NC(=Cc2ccco2)C(=O)Nc2cccc(C(=O)OC)c2)cc1. The normalized spacial score (nSPS) is 10.9. The predicted octanol–water partition coefficient (Wildman–Crippen LogP) is 4.65. The number of amides is 2. The summed E-state index contributed by atoms with van der Waals surface area (Å²) in [5.41, 5.74) is 0.962. The van der Waals surface area contributed by atoms with Crippen molar-refractivity contribution in [3.63, 3.8) is 0 Å². The molecule has 0 saturated heterocycles. The summed E-state index contributed by atoms with van der Waals surface area (Å²) in [6.07, 6.45) is 4.85. The number of rotatable bonds is 10. The molecule has 0 aliphatic rings. The van der Waals surface area contributed by atoms with E-state index in [1.54, 1.807) is 54.6 Å². The second kappa shape index (κ2) is 12.1. The number of benzene rings is 2. The maximum atomic E-state index is 13.0. The highest BCUT2D eigenvalue weighted by atomic mass is 16.5. The number of methoxy groups -OCH3 is 1. The maximum absolute atomic E-state index is 13.0. The largest absolute Gasteiger partial charge is 0.494 e. The van der Waals surface area contributed by atoms with Crippen LogP contribution in [-0.2, 0) is 9.53 Å². The number of esters is 1. The van der Waals surface area contributed by atoms with Crippen LogP contribution in [0, 0.1) is 0 Å². The van der Waals surface area contributed by atoms with E-state index in [1.165, 1.54) is 25.5 Å². The molecule has 0 saturated carbocycles. The third-order valence-corrected chi connectivity index (χ3v) is 4.75. The number of carbonyl (C=O) groups is 3. The summed E-state index contributed by atoms with van der Waals surface area (Å²) >= 11 is 0. The quantitative estimate of drug-likeness (QED) is 0.258. The average Bonchev–Trinajstić information content (AvgIpc) is 3.37. The third kappa shape index (κ3) is 6.83. The highest BCUT2D eigenvalue weighted by Gasteiger charge is 2.17. The number of ether oxygens (including phenoxy) is 2. The van der Waals surface area contributed by atoms with E-state index in [2.05, 4.69) is 17.6 Å². The van der Waals surface area contributed by atoms with Crippen molar-refractivity contribution < 1.29 is 28.3 Å². The van der Waals surface area contributed by atoms with Crippen LogP contribution in [0.3, 0.4) is 0 Å². The van der Waals surface area contributed by atoms with E-state index >= 15 is 0 Å². The first kappa shape index (κ1) is 24.3. The summed E-state index contributed by atoms with van der Waals surface area (Å²) in [6, 6.07) is 16.3. The number of hydrogen-bond acceptors (Lipinski definition) is 6. The van der Waals surface area contributed by atoms with E-state index in [9.17, 15) is 14.4 Å². The van der Waals surface area contributed by atoms with Gasteiger partial charge in [0.1, 0.15) is 17.2 Å². The Labute approximate surface area is 197 Å². The zero-order chi connectivity index (χ0) is 24.3. The van der Waals surface area contributed by atoms with Crippen molar-refractivity contribution in [3.05, 3.63) is 89.5 Å². The molecule has 0 unspecified atom stereocenters. The van der Waals surface area contributed by atoms with Crippen LogP contribution in [0.1, 0.15) is 46.2 Å². The standard InChI is InChI=1S/C26H26N2O6/c1-3-4-14-33-21-12-10-18(11-13-21)24(29)28-23(17-22-9-6-15-34-22)25(30)27-20-8-5-7-19(16-20)26(31)32-2/h5-13,15-17H,3-4,14H2,1-2H3,(H,27,30)(H,28,29). The summed E-state index contributed by atoms with van der Waals surface area (Å²) in [7, 11) is 1.27. The summed E-state index contributed by atoms with van der Waals surface area (Å²) in [5, 5.41) is 5.31. The second-order valence-electron chi connectivity index (χ2n) is 7.28. The van der Waals surface area contributed by atoms with Gasteiger partial charge < -0.3 is 24.5 Å².